The second-order valence-electron chi connectivity index (χ2n) is 5.56. The summed E-state index contributed by atoms with van der Waals surface area (Å²) < 4.78 is 14.0. The number of hydrogen-bond donors (Lipinski definition) is 1. The third-order valence-electron chi connectivity index (χ3n) is 3.98. The first kappa shape index (κ1) is 14.9. The zero-order valence-corrected chi connectivity index (χ0v) is 13.4. The molecule has 19 heavy (non-hydrogen) atoms. The molecule has 0 aromatic heterocycles. The van der Waals surface area contributed by atoms with E-state index in [4.69, 9.17) is 0 Å². The number of nitrogens with zero attached hydrogens (tertiary/aromatic N) is 1. The Morgan fingerprint density at radius 3 is 2.79 bits per heavy atom. The van der Waals surface area contributed by atoms with E-state index in [-0.39, 0.29) is 5.82 Å². The first-order valence-corrected chi connectivity index (χ1v) is 7.69. The van der Waals surface area contributed by atoms with Crippen LogP contribution in [0.3, 0.4) is 0 Å². The number of benzene rings is 1. The predicted octanol–water partition coefficient (Wildman–Crippen LogP) is 3.58. The van der Waals surface area contributed by atoms with E-state index < -0.39 is 0 Å². The number of likely N-dealkylation sites (tertiary alicyclic amines) is 1. The van der Waals surface area contributed by atoms with Crippen LogP contribution in [0, 0.1) is 11.7 Å². The van der Waals surface area contributed by atoms with E-state index in [1.165, 1.54) is 12.0 Å². The molecule has 1 saturated heterocycles. The normalized spacial score (nSPS) is 24.3. The van der Waals surface area contributed by atoms with Crippen LogP contribution < -0.4 is 5.32 Å². The third kappa shape index (κ3) is 3.18. The minimum Gasteiger partial charge on any atom is -0.319 e. The van der Waals surface area contributed by atoms with Crippen molar-refractivity contribution in [2.75, 3.05) is 20.1 Å². The Labute approximate surface area is 123 Å². The highest BCUT2D eigenvalue weighted by Crippen LogP contribution is 2.39. The average Bonchev–Trinajstić information content (AvgIpc) is 2.77. The summed E-state index contributed by atoms with van der Waals surface area (Å²) in [7, 11) is 2.00. The Morgan fingerprint density at radius 1 is 1.47 bits per heavy atom. The lowest BCUT2D eigenvalue weighted by Crippen LogP contribution is -2.33. The van der Waals surface area contributed by atoms with Crippen LogP contribution >= 0.6 is 15.9 Å². The summed E-state index contributed by atoms with van der Waals surface area (Å²) in [6.07, 6.45) is 1.19. The molecule has 2 unspecified atom stereocenters. The summed E-state index contributed by atoms with van der Waals surface area (Å²) in [5.41, 5.74) is 1.21. The number of hydrogen-bond acceptors (Lipinski definition) is 2. The predicted molar refractivity (Wildman–Crippen MR) is 80.7 cm³/mol. The molecule has 0 aliphatic carbocycles. The summed E-state index contributed by atoms with van der Waals surface area (Å²) in [4.78, 5) is 2.52. The highest BCUT2D eigenvalue weighted by atomic mass is 79.9. The van der Waals surface area contributed by atoms with Crippen LogP contribution in [0.5, 0.6) is 0 Å². The van der Waals surface area contributed by atoms with Crippen LogP contribution in [0.15, 0.2) is 22.7 Å². The summed E-state index contributed by atoms with van der Waals surface area (Å²) in [5.74, 6) is 0.396. The van der Waals surface area contributed by atoms with Gasteiger partial charge in [0.1, 0.15) is 5.82 Å². The molecule has 2 rings (SSSR count). The Morgan fingerprint density at radius 2 is 2.21 bits per heavy atom. The molecule has 4 heteroatoms. The molecule has 1 fully saturated rings. The van der Waals surface area contributed by atoms with Crippen LogP contribution in [0.1, 0.15) is 31.9 Å². The van der Waals surface area contributed by atoms with Gasteiger partial charge in [-0.25, -0.2) is 4.39 Å². The van der Waals surface area contributed by atoms with Crippen molar-refractivity contribution in [2.24, 2.45) is 5.92 Å². The van der Waals surface area contributed by atoms with Crippen LogP contribution in [0.25, 0.3) is 0 Å². The first-order valence-electron chi connectivity index (χ1n) is 6.90. The maximum atomic E-state index is 13.4. The van der Waals surface area contributed by atoms with Gasteiger partial charge >= 0.3 is 0 Å². The van der Waals surface area contributed by atoms with Crippen molar-refractivity contribution in [1.82, 2.24) is 10.2 Å². The molecule has 0 spiro atoms. The standard InChI is InChI=1S/C15H22BrFN2/c1-10(2)19-7-6-12(9-18-3)15(19)11-4-5-14(17)13(16)8-11/h4-5,8,10,12,15,18H,6-7,9H2,1-3H3. The topological polar surface area (TPSA) is 15.3 Å². The molecule has 1 aromatic carbocycles. The zero-order chi connectivity index (χ0) is 14.0. The molecule has 1 heterocycles. The summed E-state index contributed by atoms with van der Waals surface area (Å²) >= 11 is 3.30. The van der Waals surface area contributed by atoms with Crippen LogP contribution in [0.4, 0.5) is 4.39 Å². The molecule has 106 valence electrons. The minimum atomic E-state index is -0.192. The van der Waals surface area contributed by atoms with E-state index in [0.717, 1.165) is 13.1 Å². The van der Waals surface area contributed by atoms with Crippen LogP contribution in [-0.2, 0) is 0 Å². The van der Waals surface area contributed by atoms with Crippen molar-refractivity contribution >= 4 is 15.9 Å². The van der Waals surface area contributed by atoms with Gasteiger partial charge < -0.3 is 5.32 Å². The van der Waals surface area contributed by atoms with Crippen molar-refractivity contribution in [3.8, 4) is 0 Å². The minimum absolute atomic E-state index is 0.192. The second kappa shape index (κ2) is 6.33. The van der Waals surface area contributed by atoms with Crippen LogP contribution in [-0.4, -0.2) is 31.1 Å². The lowest BCUT2D eigenvalue weighted by atomic mass is 9.93. The summed E-state index contributed by atoms with van der Waals surface area (Å²) in [6, 6.07) is 6.31. The van der Waals surface area contributed by atoms with Gasteiger partial charge in [0.15, 0.2) is 0 Å². The van der Waals surface area contributed by atoms with E-state index in [2.05, 4.69) is 40.0 Å². The van der Waals surface area contributed by atoms with E-state index in [0.29, 0.717) is 22.5 Å². The third-order valence-corrected chi connectivity index (χ3v) is 4.58. The highest BCUT2D eigenvalue weighted by Gasteiger charge is 2.36. The van der Waals surface area contributed by atoms with Gasteiger partial charge in [-0.05, 0) is 79.9 Å². The van der Waals surface area contributed by atoms with E-state index in [9.17, 15) is 4.39 Å². The van der Waals surface area contributed by atoms with Crippen LogP contribution in [0.2, 0.25) is 0 Å². The van der Waals surface area contributed by atoms with Crippen molar-refractivity contribution in [1.29, 1.82) is 0 Å². The Hall–Kier alpha value is -0.450. The summed E-state index contributed by atoms with van der Waals surface area (Å²) in [5, 5.41) is 3.28. The number of nitrogens with one attached hydrogen (secondary N) is 1. The first-order chi connectivity index (χ1) is 9.04. The SMILES string of the molecule is CNCC1CCN(C(C)C)C1c1ccc(F)c(Br)c1. The van der Waals surface area contributed by atoms with E-state index in [1.54, 1.807) is 6.07 Å². The van der Waals surface area contributed by atoms with E-state index in [1.807, 2.05) is 19.2 Å². The molecule has 0 amide bonds. The Bertz CT molecular complexity index is 436. The molecule has 0 radical (unpaired) electrons. The number of halogens is 2. The molecule has 1 aliphatic rings. The van der Waals surface area contributed by atoms with Gasteiger partial charge in [0.25, 0.3) is 0 Å². The average molecular weight is 329 g/mol. The fourth-order valence-corrected chi connectivity index (χ4v) is 3.49. The Kier molecular flexibility index (Phi) is 4.98. The maximum absolute atomic E-state index is 13.4. The van der Waals surface area contributed by atoms with Gasteiger partial charge in [-0.2, -0.15) is 0 Å². The zero-order valence-electron chi connectivity index (χ0n) is 11.8. The molecule has 2 atom stereocenters. The number of rotatable bonds is 4. The van der Waals surface area contributed by atoms with Gasteiger partial charge in [-0.1, -0.05) is 6.07 Å². The fraction of sp³-hybridized carbons (Fsp3) is 0.600. The smallest absolute Gasteiger partial charge is 0.137 e. The molecule has 1 aromatic rings. The molecule has 0 saturated carbocycles. The largest absolute Gasteiger partial charge is 0.319 e. The molecule has 1 N–H and O–H groups in total. The monoisotopic (exact) mass is 328 g/mol. The second-order valence-corrected chi connectivity index (χ2v) is 6.41. The molecule has 2 nitrogen and oxygen atoms in total. The van der Waals surface area contributed by atoms with Gasteiger partial charge in [-0.15, -0.1) is 0 Å². The van der Waals surface area contributed by atoms with Gasteiger partial charge in [0.2, 0.25) is 0 Å². The fourth-order valence-electron chi connectivity index (χ4n) is 3.10. The maximum Gasteiger partial charge on any atom is 0.137 e. The molecule has 0 bridgehead atoms. The van der Waals surface area contributed by atoms with Crippen molar-refractivity contribution in [3.05, 3.63) is 34.1 Å². The molecular formula is C15H22BrFN2. The lowest BCUT2D eigenvalue weighted by Gasteiger charge is -2.32. The van der Waals surface area contributed by atoms with Crippen molar-refractivity contribution < 1.29 is 4.39 Å². The molecule has 1 aliphatic heterocycles. The highest BCUT2D eigenvalue weighted by molar-refractivity contribution is 9.10. The van der Waals surface area contributed by atoms with Gasteiger partial charge in [-0.3, -0.25) is 4.90 Å². The van der Waals surface area contributed by atoms with Gasteiger partial charge in [0, 0.05) is 12.1 Å². The van der Waals surface area contributed by atoms with Gasteiger partial charge in [0.05, 0.1) is 4.47 Å². The molecular weight excluding hydrogens is 307 g/mol. The lowest BCUT2D eigenvalue weighted by molar-refractivity contribution is 0.182. The Balaban J connectivity index is 2.31. The quantitative estimate of drug-likeness (QED) is 0.908. The van der Waals surface area contributed by atoms with Crippen molar-refractivity contribution in [2.45, 2.75) is 32.4 Å². The van der Waals surface area contributed by atoms with Crippen molar-refractivity contribution in [3.63, 3.8) is 0 Å². The van der Waals surface area contributed by atoms with E-state index >= 15 is 0 Å². The summed E-state index contributed by atoms with van der Waals surface area (Å²) in [6.45, 7) is 6.58.